The van der Waals surface area contributed by atoms with Crippen molar-refractivity contribution in [2.45, 2.75) is 26.5 Å². The highest BCUT2D eigenvalue weighted by molar-refractivity contribution is 7.32. The Hall–Kier alpha value is -4.61. The first-order valence-electron chi connectivity index (χ1n) is 13.8. The number of benzene rings is 3. The maximum Gasteiger partial charge on any atom is 0.698 e. The van der Waals surface area contributed by atoms with E-state index in [1.165, 1.54) is 23.4 Å². The summed E-state index contributed by atoms with van der Waals surface area (Å²) in [4.78, 5) is 31.4. The van der Waals surface area contributed by atoms with E-state index in [1.54, 1.807) is 42.5 Å². The van der Waals surface area contributed by atoms with Gasteiger partial charge in [-0.1, -0.05) is 35.2 Å². The molecule has 2 aromatic heterocycles. The summed E-state index contributed by atoms with van der Waals surface area (Å²) in [5.74, 6) is 1.74. The predicted octanol–water partition coefficient (Wildman–Crippen LogP) is 7.98. The van der Waals surface area contributed by atoms with Crippen LogP contribution in [0.2, 0.25) is 5.02 Å². The van der Waals surface area contributed by atoms with E-state index < -0.39 is 21.1 Å². The van der Waals surface area contributed by atoms with Crippen molar-refractivity contribution < 1.29 is 37.1 Å². The van der Waals surface area contributed by atoms with Gasteiger partial charge in [-0.15, -0.1) is 4.89 Å². The Morgan fingerprint density at radius 1 is 1.11 bits per heavy atom. The zero-order chi connectivity index (χ0) is 31.8. The molecule has 5 aromatic rings. The molecule has 3 aromatic carbocycles. The highest BCUT2D eigenvalue weighted by Crippen LogP contribution is 2.33. The number of hydrogen-bond acceptors (Lipinski definition) is 9. The molecule has 2 N–H and O–H groups in total. The van der Waals surface area contributed by atoms with E-state index in [0.717, 1.165) is 10.9 Å². The standard InChI is InChI=1S/C31H27ClFN4O7P/c1-2-12-37(31(38)42-19-43-45(39)40)16-24-8-11-28(44-24)21-6-9-27-25(14-21)30(35-18-34-27)36-23-7-10-29(26(32)15-23)41-17-20-4-3-5-22(33)13-20/h3-11,13-15,18H,2,12,16-17,19H2,1H3,(H-,34,35,36,39,40)/p+1. The van der Waals surface area contributed by atoms with Crippen LogP contribution in [-0.2, 0) is 27.0 Å². The average molecular weight is 654 g/mol. The monoisotopic (exact) mass is 653 g/mol. The third kappa shape index (κ3) is 8.52. The number of fused-ring (bicyclic) bond motifs is 1. The third-order valence-electron chi connectivity index (χ3n) is 6.50. The van der Waals surface area contributed by atoms with Crippen molar-refractivity contribution in [3.05, 3.63) is 101 Å². The molecule has 0 radical (unpaired) electrons. The molecule has 0 aliphatic rings. The number of aromatic nitrogens is 2. The van der Waals surface area contributed by atoms with Crippen LogP contribution in [0.4, 0.5) is 20.7 Å². The van der Waals surface area contributed by atoms with Gasteiger partial charge in [0.05, 0.1) is 17.1 Å². The van der Waals surface area contributed by atoms with Crippen molar-refractivity contribution in [3.8, 4) is 17.1 Å². The van der Waals surface area contributed by atoms with Crippen LogP contribution < -0.4 is 10.1 Å². The first-order valence-corrected chi connectivity index (χ1v) is 15.3. The van der Waals surface area contributed by atoms with Crippen LogP contribution >= 0.6 is 19.9 Å². The van der Waals surface area contributed by atoms with Crippen LogP contribution in [0.1, 0.15) is 24.7 Å². The topological polar surface area (TPSA) is 136 Å². The number of furan rings is 1. The van der Waals surface area contributed by atoms with Crippen molar-refractivity contribution in [1.82, 2.24) is 14.9 Å². The number of hydrogen-bond donors (Lipinski definition) is 2. The van der Waals surface area contributed by atoms with Gasteiger partial charge in [-0.2, -0.15) is 0 Å². The molecule has 2 heterocycles. The Bertz CT molecular complexity index is 1820. The van der Waals surface area contributed by atoms with E-state index in [9.17, 15) is 13.8 Å². The summed E-state index contributed by atoms with van der Waals surface area (Å²) in [5, 5.41) is 4.38. The molecule has 0 saturated carbocycles. The van der Waals surface area contributed by atoms with Gasteiger partial charge in [-0.25, -0.2) is 19.2 Å². The van der Waals surface area contributed by atoms with Crippen molar-refractivity contribution in [2.75, 3.05) is 18.7 Å². The highest BCUT2D eigenvalue weighted by Gasteiger charge is 2.20. The van der Waals surface area contributed by atoms with Crippen molar-refractivity contribution in [1.29, 1.82) is 0 Å². The third-order valence-corrected chi connectivity index (χ3v) is 7.13. The zero-order valence-electron chi connectivity index (χ0n) is 24.0. The van der Waals surface area contributed by atoms with Crippen LogP contribution in [0, 0.1) is 5.82 Å². The summed E-state index contributed by atoms with van der Waals surface area (Å²) in [6.45, 7) is 1.95. The molecule has 1 amide bonds. The van der Waals surface area contributed by atoms with E-state index in [-0.39, 0.29) is 19.0 Å². The van der Waals surface area contributed by atoms with Crippen molar-refractivity contribution >= 4 is 48.4 Å². The molecule has 0 bridgehead atoms. The molecule has 5 rings (SSSR count). The molecule has 0 aliphatic carbocycles. The molecule has 0 saturated heterocycles. The van der Waals surface area contributed by atoms with Gasteiger partial charge in [0.1, 0.15) is 41.8 Å². The number of rotatable bonds is 13. The molecular formula is C31H28ClFN4O7P+. The van der Waals surface area contributed by atoms with Gasteiger partial charge in [-0.05, 0) is 72.6 Å². The Morgan fingerprint density at radius 3 is 2.76 bits per heavy atom. The van der Waals surface area contributed by atoms with Crippen LogP contribution in [0.5, 0.6) is 5.75 Å². The average Bonchev–Trinajstić information content (AvgIpc) is 3.49. The fourth-order valence-corrected chi connectivity index (χ4v) is 4.83. The molecule has 0 aliphatic heterocycles. The number of ether oxygens (including phenoxy) is 2. The van der Waals surface area contributed by atoms with Crippen LogP contribution in [0.25, 0.3) is 22.2 Å². The second-order valence-corrected chi connectivity index (χ2v) is 10.9. The molecule has 11 nitrogen and oxygen atoms in total. The Morgan fingerprint density at radius 2 is 1.98 bits per heavy atom. The lowest BCUT2D eigenvalue weighted by atomic mass is 10.1. The van der Waals surface area contributed by atoms with E-state index in [1.807, 2.05) is 25.1 Å². The molecule has 1 atom stereocenters. The van der Waals surface area contributed by atoms with Gasteiger partial charge in [-0.3, -0.25) is 0 Å². The lowest BCUT2D eigenvalue weighted by molar-refractivity contribution is 0.0312. The zero-order valence-corrected chi connectivity index (χ0v) is 25.6. The number of amides is 1. The first-order chi connectivity index (χ1) is 21.8. The maximum absolute atomic E-state index is 13.5. The summed E-state index contributed by atoms with van der Waals surface area (Å²) in [5.41, 5.74) is 2.82. The van der Waals surface area contributed by atoms with Gasteiger partial charge in [0.25, 0.3) is 0 Å². The van der Waals surface area contributed by atoms with E-state index in [2.05, 4.69) is 19.8 Å². The smallest absolute Gasteiger partial charge is 0.487 e. The van der Waals surface area contributed by atoms with E-state index in [0.29, 0.717) is 57.8 Å². The minimum absolute atomic E-state index is 0.129. The fourth-order valence-electron chi connectivity index (χ4n) is 4.45. The Kier molecular flexibility index (Phi) is 10.5. The molecule has 0 fully saturated rings. The van der Waals surface area contributed by atoms with Gasteiger partial charge in [0.15, 0.2) is 0 Å². The number of carbonyl (C=O) groups is 1. The molecule has 0 spiro atoms. The molecular weight excluding hydrogens is 626 g/mol. The van der Waals surface area contributed by atoms with Crippen molar-refractivity contribution in [3.63, 3.8) is 0 Å². The number of nitrogens with zero attached hydrogens (tertiary/aromatic N) is 3. The van der Waals surface area contributed by atoms with Gasteiger partial charge in [0, 0.05) is 27.7 Å². The molecule has 1 unspecified atom stereocenters. The lowest BCUT2D eigenvalue weighted by Crippen LogP contribution is -2.32. The van der Waals surface area contributed by atoms with E-state index in [4.69, 9.17) is 30.4 Å². The summed E-state index contributed by atoms with van der Waals surface area (Å²) in [7, 11) is -2.87. The minimum atomic E-state index is -2.87. The summed E-state index contributed by atoms with van der Waals surface area (Å²) >= 11 is 6.49. The predicted molar refractivity (Wildman–Crippen MR) is 166 cm³/mol. The highest BCUT2D eigenvalue weighted by atomic mass is 35.5. The number of halogens is 2. The Labute approximate surface area is 263 Å². The van der Waals surface area contributed by atoms with Gasteiger partial charge < -0.3 is 24.1 Å². The molecule has 232 valence electrons. The number of carbonyl (C=O) groups excluding carboxylic acids is 1. The normalized spacial score (nSPS) is 11.3. The van der Waals surface area contributed by atoms with Crippen LogP contribution in [-0.4, -0.2) is 39.2 Å². The van der Waals surface area contributed by atoms with Crippen LogP contribution in [0.15, 0.2) is 83.5 Å². The minimum Gasteiger partial charge on any atom is -0.487 e. The van der Waals surface area contributed by atoms with Crippen LogP contribution in [0.3, 0.4) is 0 Å². The fraction of sp³-hybridized carbons (Fsp3) is 0.194. The number of nitrogens with one attached hydrogen (secondary N) is 1. The Balaban J connectivity index is 1.29. The summed E-state index contributed by atoms with van der Waals surface area (Å²) in [6.07, 6.45) is 1.42. The second kappa shape index (κ2) is 14.9. The maximum atomic E-state index is 13.5. The summed E-state index contributed by atoms with van der Waals surface area (Å²) < 4.78 is 45.3. The quantitative estimate of drug-likeness (QED) is 0.0950. The van der Waals surface area contributed by atoms with Gasteiger partial charge in [0.2, 0.25) is 6.79 Å². The lowest BCUT2D eigenvalue weighted by Gasteiger charge is -2.19. The number of anilines is 2. The summed E-state index contributed by atoms with van der Waals surface area (Å²) in [6, 6.07) is 20.6. The SMILES string of the molecule is CCCN(Cc1ccc(-c2ccc3ncnc(Nc4ccc(OCc5cccc(F)c5)c(Cl)c4)c3c2)o1)C(=O)OCO[P+](=O)O. The molecule has 45 heavy (non-hydrogen) atoms. The van der Waals surface area contributed by atoms with E-state index >= 15 is 0 Å². The van der Waals surface area contributed by atoms with Gasteiger partial charge >= 0.3 is 14.3 Å². The first kappa shape index (κ1) is 31.8. The van der Waals surface area contributed by atoms with Crippen molar-refractivity contribution in [2.24, 2.45) is 0 Å². The largest absolute Gasteiger partial charge is 0.698 e. The molecule has 14 heteroatoms. The second-order valence-electron chi connectivity index (χ2n) is 9.73.